The van der Waals surface area contributed by atoms with E-state index in [1.807, 2.05) is 20.9 Å². The van der Waals surface area contributed by atoms with Crippen LogP contribution in [0.3, 0.4) is 0 Å². The molecule has 0 radical (unpaired) electrons. The van der Waals surface area contributed by atoms with Crippen LogP contribution >= 0.6 is 0 Å². The highest BCUT2D eigenvalue weighted by molar-refractivity contribution is 6.11. The van der Waals surface area contributed by atoms with Gasteiger partial charge < -0.3 is 78.1 Å². The summed E-state index contributed by atoms with van der Waals surface area (Å²) in [6.45, 7) is 15.8. The molecule has 0 aliphatic carbocycles. The number of carbonyl (C=O) groups excluding carboxylic acids is 12. The third-order valence-electron chi connectivity index (χ3n) is 22.3. The fourth-order valence-electron chi connectivity index (χ4n) is 15.4. The Bertz CT molecular complexity index is 6450. The van der Waals surface area contributed by atoms with E-state index < -0.39 is 143 Å². The Morgan fingerprint density at radius 1 is 0.488 bits per heavy atom. The van der Waals surface area contributed by atoms with Gasteiger partial charge in [-0.05, 0) is 154 Å². The molecule has 11 aromatic rings. The second kappa shape index (κ2) is 32.2. The summed E-state index contributed by atoms with van der Waals surface area (Å²) in [5, 5.41) is 19.2. The van der Waals surface area contributed by atoms with Crippen molar-refractivity contribution in [2.75, 3.05) is 66.9 Å². The standard InChI is InChI=1S/C32H34N6O7.C29H27FN6O7.C26H26FN5O7/c1-17-26(18(2)36(6)35-17)22-10-11-24-23(33-22)13-25(45-24)32(15-37-14-19-8-9-20(43-7)12-21(19)27(37)39)28(40)38(30(42)34-32)16-44-29(41)31(3,4)5;1-28(2,3)26(39)42-14-36-25(38)29(34-27(36)40,13-35-12-15-5-7-20(41-4)23(30)22(15)24(35)37)21-9-18-19(43-21)8-6-17(33-18)16-10-31-32-11-16;1-25(2,3)23(35)38-12-32-22(34)26(30-24(32)36,17-9-14-15(39-17)7-8-18(28)29-14)11-31-10-13-5-6-16(37-4)20(27)19(13)21(31)33/h8-13H,14-16H2,1-7H3,(H,34,42);5-11H,12-14H2,1-4H3,(H,31,32)(H,34,40);5-9H,10-12H2,1-4H3,(H2,28,29)(H,30,36)/t32-;29-;26-/m000/s1. The molecule has 6 aliphatic rings. The smallest absolute Gasteiger partial charge is 0.328 e. The number of anilines is 1. The molecule has 127 heavy (non-hydrogen) atoms. The summed E-state index contributed by atoms with van der Waals surface area (Å²) in [5.41, 5.74) is 5.79. The van der Waals surface area contributed by atoms with E-state index in [0.29, 0.717) is 67.1 Å². The van der Waals surface area contributed by atoms with Crippen LogP contribution in [0.1, 0.15) is 139 Å². The molecule has 0 spiro atoms. The maximum atomic E-state index is 15.1. The number of amides is 12. The van der Waals surface area contributed by atoms with E-state index in [1.165, 1.54) is 66.4 Å². The second-order valence-electron chi connectivity index (χ2n) is 34.1. The molecule has 660 valence electrons. The van der Waals surface area contributed by atoms with E-state index in [4.69, 9.17) is 52.4 Å². The van der Waals surface area contributed by atoms with Crippen LogP contribution in [0.5, 0.6) is 17.2 Å². The fourth-order valence-corrected chi connectivity index (χ4v) is 15.4. The quantitative estimate of drug-likeness (QED) is 0.0269. The Labute approximate surface area is 721 Å². The number of pyridine rings is 3. The molecule has 0 saturated carbocycles. The summed E-state index contributed by atoms with van der Waals surface area (Å²) in [7, 11) is 5.95. The number of aryl methyl sites for hydroxylation is 2. The zero-order chi connectivity index (χ0) is 91.4. The lowest BCUT2D eigenvalue weighted by atomic mass is 9.95. The van der Waals surface area contributed by atoms with Crippen molar-refractivity contribution in [2.24, 2.45) is 23.3 Å². The number of H-pyrrole nitrogens is 1. The van der Waals surface area contributed by atoms with Crippen molar-refractivity contribution in [3.63, 3.8) is 0 Å². The average molecular weight is 1740 g/mol. The van der Waals surface area contributed by atoms with Gasteiger partial charge in [0.15, 0.2) is 76.7 Å². The highest BCUT2D eigenvalue weighted by Gasteiger charge is 2.61. The number of ether oxygens (including phenoxy) is 6. The van der Waals surface area contributed by atoms with Gasteiger partial charge in [-0.3, -0.25) is 52.9 Å². The van der Waals surface area contributed by atoms with E-state index >= 15 is 4.39 Å². The van der Waals surface area contributed by atoms with Crippen molar-refractivity contribution >= 4 is 111 Å². The summed E-state index contributed by atoms with van der Waals surface area (Å²) in [5.74, 6) is -7.00. The number of imide groups is 3. The Balaban J connectivity index is 0.000000147. The summed E-state index contributed by atoms with van der Waals surface area (Å²) in [6.07, 6.45) is 3.26. The first-order valence-electron chi connectivity index (χ1n) is 39.7. The van der Waals surface area contributed by atoms with Crippen LogP contribution in [-0.4, -0.2) is 197 Å². The number of rotatable bonds is 20. The predicted molar refractivity (Wildman–Crippen MR) is 441 cm³/mol. The van der Waals surface area contributed by atoms with Crippen LogP contribution in [0.25, 0.3) is 55.8 Å². The third-order valence-corrected chi connectivity index (χ3v) is 22.3. The first-order valence-corrected chi connectivity index (χ1v) is 39.7. The molecule has 14 heterocycles. The molecule has 12 amide bonds. The number of hydrogen-bond donors (Lipinski definition) is 5. The van der Waals surface area contributed by atoms with Crippen molar-refractivity contribution in [3.8, 4) is 39.8 Å². The number of benzene rings is 3. The second-order valence-corrected chi connectivity index (χ2v) is 34.1. The fraction of sp³-hybridized carbons (Fsp3) is 0.345. The molecule has 40 heteroatoms. The maximum absolute atomic E-state index is 15.1. The number of fused-ring (bicyclic) bond motifs is 6. The van der Waals surface area contributed by atoms with Crippen LogP contribution in [0.15, 0.2) is 123 Å². The van der Waals surface area contributed by atoms with Gasteiger partial charge in [-0.25, -0.2) is 52.8 Å². The minimum absolute atomic E-state index is 0.0100. The summed E-state index contributed by atoms with van der Waals surface area (Å²) < 4.78 is 81.2. The molecule has 3 fully saturated rings. The van der Waals surface area contributed by atoms with Gasteiger partial charge in [0.25, 0.3) is 35.4 Å². The van der Waals surface area contributed by atoms with Gasteiger partial charge >= 0.3 is 36.0 Å². The number of urea groups is 3. The summed E-state index contributed by atoms with van der Waals surface area (Å²) >= 11 is 0. The van der Waals surface area contributed by atoms with Crippen molar-refractivity contribution in [3.05, 3.63) is 183 Å². The van der Waals surface area contributed by atoms with Gasteiger partial charge in [-0.2, -0.15) is 10.2 Å². The molecule has 3 atom stereocenters. The molecule has 6 N–H and O–H groups in total. The van der Waals surface area contributed by atoms with E-state index in [2.05, 4.69) is 41.2 Å². The topological polar surface area (TPSA) is 466 Å². The van der Waals surface area contributed by atoms with Crippen molar-refractivity contribution in [1.82, 2.24) is 80.3 Å². The monoisotopic (exact) mass is 1740 g/mol. The van der Waals surface area contributed by atoms with E-state index in [-0.39, 0.29) is 83.4 Å². The molecule has 3 aromatic carbocycles. The number of esters is 3. The molecular weight excluding hydrogens is 1660 g/mol. The Hall–Kier alpha value is -15.2. The van der Waals surface area contributed by atoms with Crippen LogP contribution in [-0.2, 0) is 86.3 Å². The van der Waals surface area contributed by atoms with Crippen LogP contribution in [0.4, 0.5) is 29.0 Å². The summed E-state index contributed by atoms with van der Waals surface area (Å²) in [6, 6.07) is 23.1. The lowest BCUT2D eigenvalue weighted by Crippen LogP contribution is -2.52. The first-order chi connectivity index (χ1) is 60.0. The zero-order valence-electron chi connectivity index (χ0n) is 71.5. The number of hydrogen-bond acceptors (Lipinski definition) is 27. The minimum Gasteiger partial charge on any atom is -0.497 e. The third kappa shape index (κ3) is 15.5. The number of carbonyl (C=O) groups is 12. The number of nitrogens with two attached hydrogens (primary N) is 1. The van der Waals surface area contributed by atoms with Crippen LogP contribution in [0.2, 0.25) is 0 Å². The minimum atomic E-state index is -1.94. The molecule has 3 saturated heterocycles. The molecule has 17 rings (SSSR count). The van der Waals surface area contributed by atoms with Gasteiger partial charge in [0, 0.05) is 73.5 Å². The van der Waals surface area contributed by atoms with Crippen molar-refractivity contribution < 1.29 is 108 Å². The molecule has 0 unspecified atom stereocenters. The molecule has 8 aromatic heterocycles. The van der Waals surface area contributed by atoms with Crippen molar-refractivity contribution in [1.29, 1.82) is 0 Å². The number of halogens is 2. The van der Waals surface area contributed by atoms with Gasteiger partial charge in [-0.1, -0.05) is 18.2 Å². The van der Waals surface area contributed by atoms with E-state index in [9.17, 15) is 61.9 Å². The first kappa shape index (κ1) is 86.8. The number of aromatic amines is 1. The van der Waals surface area contributed by atoms with Gasteiger partial charge in [0.1, 0.15) is 45.4 Å². The predicted octanol–water partition coefficient (Wildman–Crippen LogP) is 9.63. The number of furan rings is 3. The molecule has 6 aliphatic heterocycles. The number of methoxy groups -OCH3 is 3. The van der Waals surface area contributed by atoms with E-state index in [1.54, 1.807) is 146 Å². The zero-order valence-corrected chi connectivity index (χ0v) is 71.5. The van der Waals surface area contributed by atoms with Gasteiger partial charge in [0.2, 0.25) is 0 Å². The number of aromatic nitrogens is 7. The Morgan fingerprint density at radius 3 is 1.28 bits per heavy atom. The van der Waals surface area contributed by atoms with Crippen LogP contribution < -0.4 is 35.9 Å². The number of nitrogens with one attached hydrogen (secondary N) is 4. The highest BCUT2D eigenvalue weighted by Crippen LogP contribution is 2.44. The lowest BCUT2D eigenvalue weighted by molar-refractivity contribution is -0.160. The largest absolute Gasteiger partial charge is 0.497 e. The highest BCUT2D eigenvalue weighted by atomic mass is 19.1. The Kier molecular flexibility index (Phi) is 22.0. The lowest BCUT2D eigenvalue weighted by Gasteiger charge is -2.29. The van der Waals surface area contributed by atoms with Crippen molar-refractivity contribution in [2.45, 2.75) is 112 Å². The van der Waals surface area contributed by atoms with E-state index in [0.717, 1.165) is 37.2 Å². The molecule has 38 nitrogen and oxygen atoms in total. The maximum Gasteiger partial charge on any atom is 0.328 e. The molecular formula is C87H87F2N17O21. The van der Waals surface area contributed by atoms with Crippen LogP contribution in [0, 0.1) is 41.7 Å². The number of nitrogens with zero attached hydrogens (tertiary/aromatic N) is 12. The van der Waals surface area contributed by atoms with Gasteiger partial charge in [-0.15, -0.1) is 0 Å². The average Bonchev–Trinajstić information content (AvgIpc) is 1.58. The molecule has 0 bridgehead atoms. The normalized spacial score (nSPS) is 18.5. The summed E-state index contributed by atoms with van der Waals surface area (Å²) in [4.78, 5) is 179. The Morgan fingerprint density at radius 2 is 0.882 bits per heavy atom. The SMILES string of the molecule is COc1ccc2c(c1)C(=O)N(C[C@@]1(c3cc4nc(-c5c(C)nn(C)c5C)ccc4o3)NC(=O)N(COC(=O)C(C)(C)C)C1=O)C2.COc1ccc2c(c1F)C(=O)N(C[C@@]1(c3cc4nc(-c5cn[nH]c5)ccc4o3)NC(=O)N(COC(=O)C(C)(C)C)C1=O)C2.COc1ccc2c(c1F)C(=O)N(C[C@@]1(c3cc4nc(N)ccc4o3)NC(=O)N(COC(=O)C(C)(C)C)C1=O)C2. The van der Waals surface area contributed by atoms with Gasteiger partial charge in [0.05, 0.1) is 91.6 Å². The number of nitrogen functional groups attached to an aromatic ring is 1.